The molecule has 0 bridgehead atoms. The summed E-state index contributed by atoms with van der Waals surface area (Å²) in [7, 11) is 0. The van der Waals surface area contributed by atoms with Gasteiger partial charge >= 0.3 is 0 Å². The van der Waals surface area contributed by atoms with Gasteiger partial charge in [-0.05, 0) is 43.4 Å². The molecule has 1 heterocycles. The van der Waals surface area contributed by atoms with Crippen molar-refractivity contribution in [2.45, 2.75) is 70.1 Å². The van der Waals surface area contributed by atoms with E-state index in [1.807, 2.05) is 50.2 Å². The highest BCUT2D eigenvalue weighted by molar-refractivity contribution is 5.17. The van der Waals surface area contributed by atoms with Crippen LogP contribution in [0.2, 0.25) is 0 Å². The first-order valence-corrected chi connectivity index (χ1v) is 10.4. The number of ether oxygens (including phenoxy) is 4. The molecule has 1 aliphatic heterocycles. The van der Waals surface area contributed by atoms with Crippen LogP contribution in [-0.4, -0.2) is 30.2 Å². The van der Waals surface area contributed by atoms with Crippen LogP contribution in [0.15, 0.2) is 72.8 Å². The van der Waals surface area contributed by atoms with Crippen molar-refractivity contribution in [2.24, 2.45) is 0 Å². The van der Waals surface area contributed by atoms with Crippen LogP contribution in [-0.2, 0) is 32.2 Å². The fourth-order valence-electron chi connectivity index (χ4n) is 4.16. The van der Waals surface area contributed by atoms with Crippen molar-refractivity contribution in [3.05, 3.63) is 83.9 Å². The molecule has 0 amide bonds. The first-order chi connectivity index (χ1) is 14.0. The summed E-state index contributed by atoms with van der Waals surface area (Å²) in [6, 6.07) is 20.4. The summed E-state index contributed by atoms with van der Waals surface area (Å²) in [5, 5.41) is 0. The van der Waals surface area contributed by atoms with E-state index in [2.05, 4.69) is 30.8 Å². The first kappa shape index (κ1) is 20.3. The number of hydrogen-bond donors (Lipinski definition) is 0. The molecule has 29 heavy (non-hydrogen) atoms. The Morgan fingerprint density at radius 3 is 2.10 bits per heavy atom. The van der Waals surface area contributed by atoms with E-state index in [0.29, 0.717) is 13.2 Å². The Balaban J connectivity index is 1.55. The summed E-state index contributed by atoms with van der Waals surface area (Å²) in [4.78, 5) is 0. The summed E-state index contributed by atoms with van der Waals surface area (Å²) in [5.41, 5.74) is 3.30. The van der Waals surface area contributed by atoms with Gasteiger partial charge in [0.2, 0.25) is 0 Å². The molecule has 0 unspecified atom stereocenters. The van der Waals surface area contributed by atoms with Crippen LogP contribution >= 0.6 is 0 Å². The molecule has 4 heteroatoms. The Bertz CT molecular complexity index is 802. The molecular weight excluding hydrogens is 364 g/mol. The Labute approximate surface area is 173 Å². The lowest BCUT2D eigenvalue weighted by molar-refractivity contribution is -0.176. The maximum Gasteiger partial charge on any atom is 0.163 e. The molecule has 154 valence electrons. The fraction of sp³-hybridized carbons (Fsp3) is 0.440. The minimum atomic E-state index is -0.619. The minimum Gasteiger partial charge on any atom is -0.368 e. The molecule has 2 aromatic rings. The average molecular weight is 395 g/mol. The molecule has 0 radical (unpaired) electrons. The molecule has 2 aliphatic rings. The van der Waals surface area contributed by atoms with E-state index in [1.165, 1.54) is 0 Å². The highest BCUT2D eigenvalue weighted by Crippen LogP contribution is 2.39. The molecule has 1 aliphatic carbocycles. The van der Waals surface area contributed by atoms with E-state index >= 15 is 0 Å². The Hall–Kier alpha value is -1.98. The molecule has 0 N–H and O–H groups in total. The van der Waals surface area contributed by atoms with Gasteiger partial charge in [-0.2, -0.15) is 0 Å². The van der Waals surface area contributed by atoms with Gasteiger partial charge in [0.15, 0.2) is 5.79 Å². The molecule has 1 saturated carbocycles. The van der Waals surface area contributed by atoms with Crippen molar-refractivity contribution in [1.82, 2.24) is 0 Å². The van der Waals surface area contributed by atoms with E-state index in [0.717, 1.165) is 29.5 Å². The average Bonchev–Trinajstić information content (AvgIpc) is 2.98. The molecule has 0 aromatic heterocycles. The topological polar surface area (TPSA) is 36.9 Å². The smallest absolute Gasteiger partial charge is 0.163 e. The second-order valence-electron chi connectivity index (χ2n) is 8.31. The number of benzene rings is 2. The highest BCUT2D eigenvalue weighted by atomic mass is 16.8. The van der Waals surface area contributed by atoms with Crippen molar-refractivity contribution in [3.8, 4) is 0 Å². The lowest BCUT2D eigenvalue weighted by atomic mass is 10.0. The Kier molecular flexibility index (Phi) is 6.16. The highest BCUT2D eigenvalue weighted by Gasteiger charge is 2.50. The molecule has 2 aromatic carbocycles. The van der Waals surface area contributed by atoms with Gasteiger partial charge in [-0.15, -0.1) is 0 Å². The molecule has 4 rings (SSSR count). The zero-order chi connectivity index (χ0) is 20.3. The van der Waals surface area contributed by atoms with E-state index in [4.69, 9.17) is 18.9 Å². The van der Waals surface area contributed by atoms with Crippen LogP contribution < -0.4 is 0 Å². The van der Waals surface area contributed by atoms with Crippen molar-refractivity contribution in [3.63, 3.8) is 0 Å². The third-order valence-electron chi connectivity index (χ3n) is 5.55. The number of fused-ring (bicyclic) bond motifs is 1. The van der Waals surface area contributed by atoms with Gasteiger partial charge in [0, 0.05) is 0 Å². The summed E-state index contributed by atoms with van der Waals surface area (Å²) >= 11 is 0. The van der Waals surface area contributed by atoms with E-state index in [1.54, 1.807) is 0 Å². The SMILES string of the molecule is C=C1CC[C@H]2OC(C)(C)O[C@H]2[C@@H](OCc2ccccc2)[C@@H]1OCc1ccccc1. The van der Waals surface area contributed by atoms with Gasteiger partial charge in [-0.3, -0.25) is 0 Å². The minimum absolute atomic E-state index is 0.0205. The van der Waals surface area contributed by atoms with Gasteiger partial charge < -0.3 is 18.9 Å². The summed E-state index contributed by atoms with van der Waals surface area (Å²) in [6.07, 6.45) is 0.975. The Morgan fingerprint density at radius 1 is 0.897 bits per heavy atom. The lowest BCUT2D eigenvalue weighted by Gasteiger charge is -2.32. The second-order valence-corrected chi connectivity index (χ2v) is 8.31. The standard InChI is InChI=1S/C25H30O4/c1-18-14-15-21-23(29-25(2,3)28-21)24(27-17-20-12-8-5-9-13-20)22(18)26-16-19-10-6-4-7-11-19/h4-13,21-24H,1,14-17H2,2-3H3/t21-,22-,23-,24+/m1/s1. The molecule has 2 fully saturated rings. The van der Waals surface area contributed by atoms with E-state index in [-0.39, 0.29) is 24.4 Å². The zero-order valence-corrected chi connectivity index (χ0v) is 17.3. The summed E-state index contributed by atoms with van der Waals surface area (Å²) in [6.45, 7) is 9.25. The molecule has 4 atom stereocenters. The summed E-state index contributed by atoms with van der Waals surface area (Å²) < 4.78 is 25.3. The predicted octanol–water partition coefficient (Wildman–Crippen LogP) is 5.03. The molecule has 4 nitrogen and oxygen atoms in total. The van der Waals surface area contributed by atoms with Crippen LogP contribution in [0.4, 0.5) is 0 Å². The quantitative estimate of drug-likeness (QED) is 0.644. The Morgan fingerprint density at radius 2 is 1.48 bits per heavy atom. The van der Waals surface area contributed by atoms with E-state index in [9.17, 15) is 0 Å². The van der Waals surface area contributed by atoms with Gasteiger partial charge in [-0.25, -0.2) is 0 Å². The maximum atomic E-state index is 6.44. The van der Waals surface area contributed by atoms with Gasteiger partial charge in [0.25, 0.3) is 0 Å². The van der Waals surface area contributed by atoms with Crippen LogP contribution in [0, 0.1) is 0 Å². The van der Waals surface area contributed by atoms with Crippen LogP contribution in [0.3, 0.4) is 0 Å². The maximum absolute atomic E-state index is 6.44. The van der Waals surface area contributed by atoms with Crippen molar-refractivity contribution in [1.29, 1.82) is 0 Å². The molecule has 0 spiro atoms. The van der Waals surface area contributed by atoms with E-state index < -0.39 is 5.79 Å². The van der Waals surface area contributed by atoms with Gasteiger partial charge in [-0.1, -0.05) is 67.2 Å². The monoisotopic (exact) mass is 394 g/mol. The van der Waals surface area contributed by atoms with Crippen LogP contribution in [0.25, 0.3) is 0 Å². The summed E-state index contributed by atoms with van der Waals surface area (Å²) in [5.74, 6) is -0.619. The molecular formula is C25H30O4. The second kappa shape index (κ2) is 8.80. The zero-order valence-electron chi connectivity index (χ0n) is 17.3. The number of hydrogen-bond acceptors (Lipinski definition) is 4. The van der Waals surface area contributed by atoms with Gasteiger partial charge in [0.05, 0.1) is 19.3 Å². The third-order valence-corrected chi connectivity index (χ3v) is 5.55. The predicted molar refractivity (Wildman–Crippen MR) is 112 cm³/mol. The largest absolute Gasteiger partial charge is 0.368 e. The first-order valence-electron chi connectivity index (χ1n) is 10.4. The lowest BCUT2D eigenvalue weighted by Crippen LogP contribution is -2.45. The van der Waals surface area contributed by atoms with Crippen molar-refractivity contribution < 1.29 is 18.9 Å². The normalized spacial score (nSPS) is 28.7. The fourth-order valence-corrected chi connectivity index (χ4v) is 4.16. The van der Waals surface area contributed by atoms with Crippen molar-refractivity contribution in [2.75, 3.05) is 0 Å². The van der Waals surface area contributed by atoms with Crippen LogP contribution in [0.5, 0.6) is 0 Å². The number of rotatable bonds is 6. The third kappa shape index (κ3) is 4.96. The van der Waals surface area contributed by atoms with Crippen molar-refractivity contribution >= 4 is 0 Å². The van der Waals surface area contributed by atoms with Gasteiger partial charge in [0.1, 0.15) is 18.3 Å². The van der Waals surface area contributed by atoms with Crippen LogP contribution in [0.1, 0.15) is 37.8 Å². The molecule has 1 saturated heterocycles.